The van der Waals surface area contributed by atoms with Crippen molar-refractivity contribution in [1.82, 2.24) is 9.88 Å². The number of likely N-dealkylation sites (tertiary alicyclic amines) is 1. The van der Waals surface area contributed by atoms with Crippen LogP contribution in [0, 0.1) is 29.5 Å². The average Bonchev–Trinajstić information content (AvgIpc) is 2.88. The molecule has 2 heterocycles. The quantitative estimate of drug-likeness (QED) is 0.399. The number of carboxylic acids is 1. The van der Waals surface area contributed by atoms with Crippen LogP contribution in [0.2, 0.25) is 5.02 Å². The number of aromatic nitrogens is 1. The Morgan fingerprint density at radius 2 is 2.14 bits per heavy atom. The first kappa shape index (κ1) is 25.9. The van der Waals surface area contributed by atoms with Gasteiger partial charge in [0.05, 0.1) is 30.1 Å². The number of rotatable bonds is 7. The number of alkyl halides is 1. The Hall–Kier alpha value is -3.21. The summed E-state index contributed by atoms with van der Waals surface area (Å²) in [5.74, 6) is 4.50. The Morgan fingerprint density at radius 1 is 1.31 bits per heavy atom. The molecule has 0 saturated carbocycles. The third kappa shape index (κ3) is 6.13. The van der Waals surface area contributed by atoms with Gasteiger partial charge in [-0.05, 0) is 79.8 Å². The molecule has 1 aliphatic heterocycles. The lowest BCUT2D eigenvalue weighted by Crippen LogP contribution is -2.44. The topological polar surface area (TPSA) is 62.7 Å². The SMILES string of the molecule is COc1ccc2nccc([C@H](F)CC[C@@H]3CCN(CC#Cc4ccc(F)c(Cl)c4)C[C@@H]3C(=O)O)c2c1. The lowest BCUT2D eigenvalue weighted by atomic mass is 9.81. The first-order valence-corrected chi connectivity index (χ1v) is 12.2. The molecule has 3 atom stereocenters. The van der Waals surface area contributed by atoms with Gasteiger partial charge in [-0.2, -0.15) is 0 Å². The summed E-state index contributed by atoms with van der Waals surface area (Å²) in [4.78, 5) is 18.3. The van der Waals surface area contributed by atoms with Crippen LogP contribution in [0.1, 0.15) is 36.6 Å². The molecule has 0 amide bonds. The summed E-state index contributed by atoms with van der Waals surface area (Å²) in [7, 11) is 1.56. The largest absolute Gasteiger partial charge is 0.497 e. The van der Waals surface area contributed by atoms with Crippen LogP contribution in [-0.4, -0.2) is 47.7 Å². The summed E-state index contributed by atoms with van der Waals surface area (Å²) in [5.41, 5.74) is 1.83. The Kier molecular flexibility index (Phi) is 8.40. The monoisotopic (exact) mass is 512 g/mol. The van der Waals surface area contributed by atoms with Gasteiger partial charge in [-0.25, -0.2) is 8.78 Å². The number of benzene rings is 2. The maximum atomic E-state index is 15.4. The summed E-state index contributed by atoms with van der Waals surface area (Å²) in [6.07, 6.45) is 1.72. The molecule has 1 N–H and O–H groups in total. The number of halogens is 3. The van der Waals surface area contributed by atoms with Crippen molar-refractivity contribution >= 4 is 28.5 Å². The zero-order valence-electron chi connectivity index (χ0n) is 19.9. The summed E-state index contributed by atoms with van der Waals surface area (Å²) in [6, 6.07) is 11.3. The van der Waals surface area contributed by atoms with E-state index in [1.807, 2.05) is 4.90 Å². The molecule has 8 heteroatoms. The van der Waals surface area contributed by atoms with Gasteiger partial charge in [-0.1, -0.05) is 23.4 Å². The molecule has 0 aliphatic carbocycles. The second-order valence-corrected chi connectivity index (χ2v) is 9.39. The van der Waals surface area contributed by atoms with E-state index in [4.69, 9.17) is 16.3 Å². The number of fused-ring (bicyclic) bond motifs is 1. The van der Waals surface area contributed by atoms with Crippen molar-refractivity contribution in [2.45, 2.75) is 25.4 Å². The number of hydrogen-bond acceptors (Lipinski definition) is 4. The van der Waals surface area contributed by atoms with E-state index in [9.17, 15) is 14.3 Å². The summed E-state index contributed by atoms with van der Waals surface area (Å²) >= 11 is 5.79. The van der Waals surface area contributed by atoms with Gasteiger partial charge in [-0.3, -0.25) is 14.7 Å². The molecule has 0 unspecified atom stereocenters. The molecule has 0 bridgehead atoms. The van der Waals surface area contributed by atoms with E-state index in [2.05, 4.69) is 16.8 Å². The fourth-order valence-electron chi connectivity index (χ4n) is 4.73. The van der Waals surface area contributed by atoms with Crippen molar-refractivity contribution in [3.05, 3.63) is 70.6 Å². The van der Waals surface area contributed by atoms with Crippen LogP contribution < -0.4 is 4.74 Å². The van der Waals surface area contributed by atoms with Crippen LogP contribution in [0.15, 0.2) is 48.7 Å². The number of piperidine rings is 1. The minimum absolute atomic E-state index is 0.0126. The average molecular weight is 513 g/mol. The van der Waals surface area contributed by atoms with Gasteiger partial charge in [0.2, 0.25) is 0 Å². The minimum atomic E-state index is -1.23. The van der Waals surface area contributed by atoms with Crippen molar-refractivity contribution in [2.75, 3.05) is 26.7 Å². The standard InChI is InChI=1S/C28H27ClF2N2O3/c1-36-20-6-9-27-22(16-20)21(10-12-32-27)25(30)8-5-19-11-14-33(17-23(19)28(34)35)13-2-3-18-4-7-26(31)24(29)15-18/h4,6-7,9-10,12,15-16,19,23,25H,5,8,11,13-14,17H2,1H3,(H,34,35)/t19-,23+,25-/m1/s1. The lowest BCUT2D eigenvalue weighted by Gasteiger charge is -2.35. The van der Waals surface area contributed by atoms with E-state index in [-0.39, 0.29) is 17.4 Å². The van der Waals surface area contributed by atoms with Gasteiger partial charge in [0.15, 0.2) is 0 Å². The molecule has 5 nitrogen and oxygen atoms in total. The third-order valence-electron chi connectivity index (χ3n) is 6.72. The number of methoxy groups -OCH3 is 1. The van der Waals surface area contributed by atoms with Crippen LogP contribution >= 0.6 is 11.6 Å². The number of hydrogen-bond donors (Lipinski definition) is 1. The highest BCUT2D eigenvalue weighted by Crippen LogP contribution is 2.35. The molecule has 0 radical (unpaired) electrons. The van der Waals surface area contributed by atoms with E-state index in [0.717, 1.165) is 0 Å². The van der Waals surface area contributed by atoms with Crippen LogP contribution in [0.3, 0.4) is 0 Å². The van der Waals surface area contributed by atoms with Crippen LogP contribution in [0.5, 0.6) is 5.75 Å². The molecule has 1 aromatic heterocycles. The molecule has 1 aliphatic rings. The van der Waals surface area contributed by atoms with Gasteiger partial charge < -0.3 is 9.84 Å². The Labute approximate surface area is 214 Å². The first-order chi connectivity index (χ1) is 17.4. The van der Waals surface area contributed by atoms with Gasteiger partial charge in [0.1, 0.15) is 17.7 Å². The summed E-state index contributed by atoms with van der Waals surface area (Å²) < 4.78 is 33.9. The van der Waals surface area contributed by atoms with Gasteiger partial charge in [0.25, 0.3) is 0 Å². The Morgan fingerprint density at radius 3 is 2.89 bits per heavy atom. The third-order valence-corrected chi connectivity index (χ3v) is 7.01. The first-order valence-electron chi connectivity index (χ1n) is 11.8. The second-order valence-electron chi connectivity index (χ2n) is 8.99. The fourth-order valence-corrected chi connectivity index (χ4v) is 4.91. The minimum Gasteiger partial charge on any atom is -0.497 e. The number of aliphatic carboxylic acids is 1. The number of carboxylic acid groups (broad SMARTS) is 1. The fraction of sp³-hybridized carbons (Fsp3) is 0.357. The van der Waals surface area contributed by atoms with Gasteiger partial charge in [0, 0.05) is 23.7 Å². The van der Waals surface area contributed by atoms with Gasteiger partial charge in [-0.15, -0.1) is 0 Å². The smallest absolute Gasteiger partial charge is 0.308 e. The predicted octanol–water partition coefficient (Wildman–Crippen LogP) is 5.90. The number of nitrogens with zero attached hydrogens (tertiary/aromatic N) is 2. The maximum Gasteiger partial charge on any atom is 0.308 e. The van der Waals surface area contributed by atoms with Crippen molar-refractivity contribution in [1.29, 1.82) is 0 Å². The second kappa shape index (κ2) is 11.7. The van der Waals surface area contributed by atoms with E-state index in [1.165, 1.54) is 12.1 Å². The van der Waals surface area contributed by atoms with Crippen LogP contribution in [0.25, 0.3) is 10.9 Å². The van der Waals surface area contributed by atoms with Crippen molar-refractivity contribution in [3.8, 4) is 17.6 Å². The molecule has 188 valence electrons. The maximum absolute atomic E-state index is 15.4. The Bertz CT molecular complexity index is 1310. The number of carbonyl (C=O) groups is 1. The van der Waals surface area contributed by atoms with Crippen molar-refractivity contribution in [3.63, 3.8) is 0 Å². The van der Waals surface area contributed by atoms with E-state index < -0.39 is 23.9 Å². The van der Waals surface area contributed by atoms with E-state index >= 15 is 4.39 Å². The molecule has 1 saturated heterocycles. The van der Waals surface area contributed by atoms with Crippen LogP contribution in [0.4, 0.5) is 8.78 Å². The Balaban J connectivity index is 1.37. The zero-order chi connectivity index (χ0) is 25.7. The molecule has 0 spiro atoms. The normalized spacial score (nSPS) is 18.9. The molecule has 2 aromatic carbocycles. The van der Waals surface area contributed by atoms with E-state index in [0.29, 0.717) is 60.3 Å². The highest BCUT2D eigenvalue weighted by molar-refractivity contribution is 6.30. The molecule has 1 fully saturated rings. The van der Waals surface area contributed by atoms with Crippen molar-refractivity contribution < 1.29 is 23.4 Å². The number of ether oxygens (including phenoxy) is 1. The lowest BCUT2D eigenvalue weighted by molar-refractivity contribution is -0.146. The molecular weight excluding hydrogens is 486 g/mol. The highest BCUT2D eigenvalue weighted by Gasteiger charge is 2.34. The number of pyridine rings is 1. The molecule has 3 aromatic rings. The predicted molar refractivity (Wildman–Crippen MR) is 135 cm³/mol. The molecule has 36 heavy (non-hydrogen) atoms. The summed E-state index contributed by atoms with van der Waals surface area (Å²) in [6.45, 7) is 1.42. The van der Waals surface area contributed by atoms with E-state index in [1.54, 1.807) is 43.6 Å². The molecular formula is C28H27ClF2N2O3. The van der Waals surface area contributed by atoms with Crippen LogP contribution in [-0.2, 0) is 4.79 Å². The summed E-state index contributed by atoms with van der Waals surface area (Å²) in [5, 5.41) is 10.6. The van der Waals surface area contributed by atoms with Crippen molar-refractivity contribution in [2.24, 2.45) is 11.8 Å². The highest BCUT2D eigenvalue weighted by atomic mass is 35.5. The molecule has 4 rings (SSSR count). The zero-order valence-corrected chi connectivity index (χ0v) is 20.6. The van der Waals surface area contributed by atoms with Gasteiger partial charge >= 0.3 is 5.97 Å².